The van der Waals surface area contributed by atoms with Crippen molar-refractivity contribution in [2.75, 3.05) is 0 Å². The largest absolute Gasteiger partial charge is 0.303 e. The number of rotatable bonds is 7. The summed E-state index contributed by atoms with van der Waals surface area (Å²) in [6.45, 7) is 3.88. The van der Waals surface area contributed by atoms with Crippen molar-refractivity contribution in [3.05, 3.63) is 0 Å². The van der Waals surface area contributed by atoms with Crippen LogP contribution in [-0.4, -0.2) is 12.1 Å². The SMILES string of the molecule is CCC(=O)CCCC(C=O)CC. The molecule has 0 radical (unpaired) electrons. The molecule has 0 heterocycles. The first-order chi connectivity index (χ1) is 5.74. The molecule has 70 valence electrons. The molecule has 0 aliphatic rings. The van der Waals surface area contributed by atoms with Gasteiger partial charge in [0, 0.05) is 18.8 Å². The molecule has 0 N–H and O–H groups in total. The molecule has 0 bridgehead atoms. The van der Waals surface area contributed by atoms with Gasteiger partial charge in [-0.2, -0.15) is 0 Å². The lowest BCUT2D eigenvalue weighted by Gasteiger charge is -2.04. The average Bonchev–Trinajstić information content (AvgIpc) is 2.12. The van der Waals surface area contributed by atoms with Gasteiger partial charge in [0.25, 0.3) is 0 Å². The van der Waals surface area contributed by atoms with E-state index in [0.717, 1.165) is 25.5 Å². The number of hydrogen-bond acceptors (Lipinski definition) is 2. The molecule has 0 fully saturated rings. The summed E-state index contributed by atoms with van der Waals surface area (Å²) in [6, 6.07) is 0. The predicted octanol–water partition coefficient (Wildman–Crippen LogP) is 2.36. The lowest BCUT2D eigenvalue weighted by atomic mass is 10.00. The molecule has 0 saturated carbocycles. The fourth-order valence-electron chi connectivity index (χ4n) is 1.11. The molecule has 0 aliphatic heterocycles. The van der Waals surface area contributed by atoms with Gasteiger partial charge in [-0.1, -0.05) is 13.8 Å². The summed E-state index contributed by atoms with van der Waals surface area (Å²) in [7, 11) is 0. The Morgan fingerprint density at radius 2 is 2.08 bits per heavy atom. The van der Waals surface area contributed by atoms with Crippen LogP contribution in [0.3, 0.4) is 0 Å². The summed E-state index contributed by atoms with van der Waals surface area (Å²) in [5.41, 5.74) is 0. The molecule has 12 heavy (non-hydrogen) atoms. The standard InChI is InChI=1S/C10H18O2/c1-3-9(8-11)6-5-7-10(12)4-2/h8-9H,3-7H2,1-2H3. The molecule has 0 aromatic carbocycles. The summed E-state index contributed by atoms with van der Waals surface area (Å²) < 4.78 is 0. The highest BCUT2D eigenvalue weighted by Crippen LogP contribution is 2.10. The van der Waals surface area contributed by atoms with E-state index in [1.807, 2.05) is 13.8 Å². The number of hydrogen-bond donors (Lipinski definition) is 0. The second-order valence-corrected chi connectivity index (χ2v) is 3.09. The minimum Gasteiger partial charge on any atom is -0.303 e. The van der Waals surface area contributed by atoms with E-state index in [1.54, 1.807) is 0 Å². The molecule has 0 rings (SSSR count). The molecule has 0 aromatic rings. The highest BCUT2D eigenvalue weighted by molar-refractivity contribution is 5.77. The van der Waals surface area contributed by atoms with Gasteiger partial charge in [0.1, 0.15) is 12.1 Å². The Balaban J connectivity index is 3.40. The van der Waals surface area contributed by atoms with Crippen LogP contribution in [0.2, 0.25) is 0 Å². The van der Waals surface area contributed by atoms with E-state index in [0.29, 0.717) is 18.6 Å². The highest BCUT2D eigenvalue weighted by atomic mass is 16.1. The van der Waals surface area contributed by atoms with Crippen LogP contribution in [0.4, 0.5) is 0 Å². The zero-order valence-corrected chi connectivity index (χ0v) is 8.01. The fraction of sp³-hybridized carbons (Fsp3) is 0.800. The van der Waals surface area contributed by atoms with Crippen molar-refractivity contribution in [3.8, 4) is 0 Å². The molecular formula is C10H18O2. The Kier molecular flexibility index (Phi) is 6.63. The van der Waals surface area contributed by atoms with Gasteiger partial charge in [0.15, 0.2) is 0 Å². The average molecular weight is 170 g/mol. The van der Waals surface area contributed by atoms with Gasteiger partial charge in [-0.05, 0) is 19.3 Å². The van der Waals surface area contributed by atoms with Crippen LogP contribution >= 0.6 is 0 Å². The molecule has 2 nitrogen and oxygen atoms in total. The van der Waals surface area contributed by atoms with Crippen molar-refractivity contribution < 1.29 is 9.59 Å². The van der Waals surface area contributed by atoms with Crippen LogP contribution in [-0.2, 0) is 9.59 Å². The second-order valence-electron chi connectivity index (χ2n) is 3.09. The fourth-order valence-corrected chi connectivity index (χ4v) is 1.11. The van der Waals surface area contributed by atoms with E-state index in [1.165, 1.54) is 0 Å². The first-order valence-electron chi connectivity index (χ1n) is 4.71. The summed E-state index contributed by atoms with van der Waals surface area (Å²) in [5.74, 6) is 0.463. The molecule has 1 atom stereocenters. The van der Waals surface area contributed by atoms with Crippen molar-refractivity contribution >= 4 is 12.1 Å². The maximum atomic E-state index is 10.9. The zero-order valence-electron chi connectivity index (χ0n) is 8.01. The van der Waals surface area contributed by atoms with Crippen molar-refractivity contribution in [1.29, 1.82) is 0 Å². The van der Waals surface area contributed by atoms with Crippen LogP contribution in [0.1, 0.15) is 46.0 Å². The molecular weight excluding hydrogens is 152 g/mol. The van der Waals surface area contributed by atoms with E-state index in [9.17, 15) is 9.59 Å². The van der Waals surface area contributed by atoms with Crippen LogP contribution in [0, 0.1) is 5.92 Å². The van der Waals surface area contributed by atoms with Gasteiger partial charge >= 0.3 is 0 Å². The van der Waals surface area contributed by atoms with E-state index < -0.39 is 0 Å². The van der Waals surface area contributed by atoms with E-state index in [-0.39, 0.29) is 5.92 Å². The van der Waals surface area contributed by atoms with Crippen molar-refractivity contribution in [2.45, 2.75) is 46.0 Å². The highest BCUT2D eigenvalue weighted by Gasteiger charge is 2.05. The predicted molar refractivity (Wildman–Crippen MR) is 49.0 cm³/mol. The normalized spacial score (nSPS) is 12.5. The van der Waals surface area contributed by atoms with Crippen LogP contribution < -0.4 is 0 Å². The summed E-state index contributed by atoms with van der Waals surface area (Å²) >= 11 is 0. The lowest BCUT2D eigenvalue weighted by molar-refractivity contribution is -0.119. The van der Waals surface area contributed by atoms with Crippen molar-refractivity contribution in [1.82, 2.24) is 0 Å². The van der Waals surface area contributed by atoms with E-state index in [2.05, 4.69) is 0 Å². The zero-order chi connectivity index (χ0) is 9.40. The van der Waals surface area contributed by atoms with Gasteiger partial charge < -0.3 is 4.79 Å². The molecule has 0 aliphatic carbocycles. The van der Waals surface area contributed by atoms with Crippen molar-refractivity contribution in [3.63, 3.8) is 0 Å². The quantitative estimate of drug-likeness (QED) is 0.550. The minimum absolute atomic E-state index is 0.162. The number of ketones is 1. The van der Waals surface area contributed by atoms with Crippen LogP contribution in [0.25, 0.3) is 0 Å². The summed E-state index contributed by atoms with van der Waals surface area (Å²) in [4.78, 5) is 21.3. The summed E-state index contributed by atoms with van der Waals surface area (Å²) in [6.07, 6.45) is 4.88. The molecule has 0 saturated heterocycles. The van der Waals surface area contributed by atoms with Gasteiger partial charge in [0.05, 0.1) is 0 Å². The molecule has 1 unspecified atom stereocenters. The molecule has 0 amide bonds. The Morgan fingerprint density at radius 3 is 2.50 bits per heavy atom. The monoisotopic (exact) mass is 170 g/mol. The number of aldehydes is 1. The first kappa shape index (κ1) is 11.3. The topological polar surface area (TPSA) is 34.1 Å². The minimum atomic E-state index is 0.162. The van der Waals surface area contributed by atoms with E-state index >= 15 is 0 Å². The first-order valence-corrected chi connectivity index (χ1v) is 4.71. The van der Waals surface area contributed by atoms with Crippen LogP contribution in [0.15, 0.2) is 0 Å². The molecule has 0 aromatic heterocycles. The van der Waals surface area contributed by atoms with E-state index in [4.69, 9.17) is 0 Å². The summed E-state index contributed by atoms with van der Waals surface area (Å²) in [5, 5.41) is 0. The van der Waals surface area contributed by atoms with Gasteiger partial charge in [0.2, 0.25) is 0 Å². The Bertz CT molecular complexity index is 141. The van der Waals surface area contributed by atoms with Gasteiger partial charge in [-0.15, -0.1) is 0 Å². The third-order valence-electron chi connectivity index (χ3n) is 2.14. The third kappa shape index (κ3) is 5.05. The maximum absolute atomic E-state index is 10.9. The smallest absolute Gasteiger partial charge is 0.132 e. The maximum Gasteiger partial charge on any atom is 0.132 e. The Labute approximate surface area is 74.3 Å². The lowest BCUT2D eigenvalue weighted by Crippen LogP contribution is -2.02. The second kappa shape index (κ2) is 7.01. The Hall–Kier alpha value is -0.660. The van der Waals surface area contributed by atoms with Gasteiger partial charge in [-0.3, -0.25) is 4.79 Å². The van der Waals surface area contributed by atoms with Crippen molar-refractivity contribution in [2.24, 2.45) is 5.92 Å². The number of carbonyl (C=O) groups is 2. The number of Topliss-reactive ketones (excluding diaryl/α,β-unsaturated/α-hetero) is 1. The molecule has 2 heteroatoms. The Morgan fingerprint density at radius 1 is 1.42 bits per heavy atom. The number of carbonyl (C=O) groups excluding carboxylic acids is 2. The van der Waals surface area contributed by atoms with Crippen LogP contribution in [0.5, 0.6) is 0 Å². The van der Waals surface area contributed by atoms with Gasteiger partial charge in [-0.25, -0.2) is 0 Å². The third-order valence-corrected chi connectivity index (χ3v) is 2.14. The molecule has 0 spiro atoms.